The number of hydrogen-bond donors (Lipinski definition) is 1. The molecular weight excluding hydrogens is 324 g/mol. The van der Waals surface area contributed by atoms with Crippen LogP contribution in [0.5, 0.6) is 0 Å². The number of sulfonamides is 1. The Balaban J connectivity index is 1.74. The Labute approximate surface area is 144 Å². The van der Waals surface area contributed by atoms with Gasteiger partial charge in [-0.15, -0.1) is 0 Å². The summed E-state index contributed by atoms with van der Waals surface area (Å²) in [5.41, 5.74) is 2.51. The number of amides is 1. The highest BCUT2D eigenvalue weighted by Gasteiger charge is 2.40. The summed E-state index contributed by atoms with van der Waals surface area (Å²) < 4.78 is 25.6. The first-order valence-corrected chi connectivity index (χ1v) is 10.4. The van der Waals surface area contributed by atoms with E-state index in [-0.39, 0.29) is 18.5 Å². The number of aryl methyl sites for hydroxylation is 2. The molecule has 0 unspecified atom stereocenters. The molecule has 1 aromatic carbocycles. The largest absolute Gasteiger partial charge is 0.352 e. The van der Waals surface area contributed by atoms with E-state index in [4.69, 9.17) is 0 Å². The fourth-order valence-electron chi connectivity index (χ4n) is 4.30. The second kappa shape index (κ2) is 6.39. The number of rotatable bonds is 5. The summed E-state index contributed by atoms with van der Waals surface area (Å²) in [6.07, 6.45) is 5.85. The number of carbonyl (C=O) groups excluding carboxylic acids is 1. The first kappa shape index (κ1) is 17.3. The van der Waals surface area contributed by atoms with E-state index < -0.39 is 10.0 Å². The van der Waals surface area contributed by atoms with Crippen LogP contribution in [0.25, 0.3) is 0 Å². The third-order valence-electron chi connectivity index (χ3n) is 5.27. The average molecular weight is 350 g/mol. The van der Waals surface area contributed by atoms with E-state index in [9.17, 15) is 13.2 Å². The van der Waals surface area contributed by atoms with Gasteiger partial charge in [0.15, 0.2) is 0 Å². The molecule has 2 aliphatic carbocycles. The minimum absolute atomic E-state index is 0.157. The van der Waals surface area contributed by atoms with E-state index in [2.05, 4.69) is 5.32 Å². The molecule has 2 bridgehead atoms. The van der Waals surface area contributed by atoms with Crippen molar-refractivity contribution >= 4 is 21.6 Å². The van der Waals surface area contributed by atoms with Gasteiger partial charge in [-0.3, -0.25) is 9.10 Å². The van der Waals surface area contributed by atoms with Gasteiger partial charge in [0.05, 0.1) is 11.9 Å². The minimum Gasteiger partial charge on any atom is -0.352 e. The van der Waals surface area contributed by atoms with Crippen LogP contribution in [-0.4, -0.2) is 33.2 Å². The van der Waals surface area contributed by atoms with Crippen molar-refractivity contribution in [2.45, 2.75) is 45.6 Å². The summed E-state index contributed by atoms with van der Waals surface area (Å²) in [6, 6.07) is 5.81. The van der Waals surface area contributed by atoms with Gasteiger partial charge in [-0.1, -0.05) is 12.5 Å². The molecule has 6 heteroatoms. The van der Waals surface area contributed by atoms with E-state index >= 15 is 0 Å². The van der Waals surface area contributed by atoms with Gasteiger partial charge in [0.1, 0.15) is 6.54 Å². The molecule has 0 aromatic heterocycles. The number of benzene rings is 1. The molecule has 2 fully saturated rings. The molecule has 3 atom stereocenters. The predicted molar refractivity (Wildman–Crippen MR) is 95.5 cm³/mol. The van der Waals surface area contributed by atoms with Gasteiger partial charge < -0.3 is 5.32 Å². The summed E-state index contributed by atoms with van der Waals surface area (Å²) in [7, 11) is -3.52. The van der Waals surface area contributed by atoms with E-state index in [1.165, 1.54) is 23.6 Å². The fourth-order valence-corrected chi connectivity index (χ4v) is 5.14. The fraction of sp³-hybridized carbons (Fsp3) is 0.611. The normalized spacial score (nSPS) is 25.7. The highest BCUT2D eigenvalue weighted by molar-refractivity contribution is 7.92. The highest BCUT2D eigenvalue weighted by atomic mass is 32.2. The summed E-state index contributed by atoms with van der Waals surface area (Å²) in [5.74, 6) is 1.11. The van der Waals surface area contributed by atoms with Crippen LogP contribution in [0.3, 0.4) is 0 Å². The Morgan fingerprint density at radius 1 is 1.17 bits per heavy atom. The number of carbonyl (C=O) groups is 1. The molecule has 0 radical (unpaired) electrons. The molecule has 3 rings (SSSR count). The maximum atomic E-state index is 12.5. The highest BCUT2D eigenvalue weighted by Crippen LogP contribution is 2.44. The van der Waals surface area contributed by atoms with Crippen LogP contribution in [0.4, 0.5) is 5.69 Å². The standard InChI is InChI=1S/C18H26N2O3S/c1-12-6-13(2)8-16(7-12)20(24(3,22)23)11-18(21)19-17-10-14-4-5-15(17)9-14/h6-8,14-15,17H,4-5,9-11H2,1-3H3,(H,19,21)/t14-,15-,17+/m0/s1. The van der Waals surface area contributed by atoms with E-state index in [1.54, 1.807) is 12.1 Å². The molecule has 1 N–H and O–H groups in total. The zero-order valence-corrected chi connectivity index (χ0v) is 15.4. The second-order valence-corrected chi connectivity index (χ2v) is 9.37. The monoisotopic (exact) mass is 350 g/mol. The molecule has 0 aliphatic heterocycles. The van der Waals surface area contributed by atoms with Crippen molar-refractivity contribution in [2.75, 3.05) is 17.1 Å². The molecule has 2 aliphatic rings. The third-order valence-corrected chi connectivity index (χ3v) is 6.41. The van der Waals surface area contributed by atoms with E-state index in [0.29, 0.717) is 11.6 Å². The molecule has 1 aromatic rings. The summed E-state index contributed by atoms with van der Waals surface area (Å²) >= 11 is 0. The molecule has 0 heterocycles. The molecule has 24 heavy (non-hydrogen) atoms. The van der Waals surface area contributed by atoms with Gasteiger partial charge in [-0.05, 0) is 68.2 Å². The van der Waals surface area contributed by atoms with Gasteiger partial charge in [0, 0.05) is 6.04 Å². The van der Waals surface area contributed by atoms with Crippen molar-refractivity contribution in [3.63, 3.8) is 0 Å². The van der Waals surface area contributed by atoms with E-state index in [1.807, 2.05) is 19.9 Å². The van der Waals surface area contributed by atoms with Crippen molar-refractivity contribution < 1.29 is 13.2 Å². The van der Waals surface area contributed by atoms with E-state index in [0.717, 1.165) is 29.7 Å². The maximum absolute atomic E-state index is 12.5. The summed E-state index contributed by atoms with van der Waals surface area (Å²) in [5, 5.41) is 3.07. The zero-order valence-electron chi connectivity index (χ0n) is 14.6. The first-order chi connectivity index (χ1) is 11.2. The predicted octanol–water partition coefficient (Wildman–Crippen LogP) is 2.37. The SMILES string of the molecule is Cc1cc(C)cc(N(CC(=O)N[C@@H]2C[C@H]3CC[C@H]2C3)S(C)(=O)=O)c1. The lowest BCUT2D eigenvalue weighted by atomic mass is 9.95. The molecule has 0 spiro atoms. The van der Waals surface area contributed by atoms with Crippen molar-refractivity contribution in [2.24, 2.45) is 11.8 Å². The quantitative estimate of drug-likeness (QED) is 0.886. The average Bonchev–Trinajstić information content (AvgIpc) is 3.04. The second-order valence-electron chi connectivity index (χ2n) is 7.46. The Morgan fingerprint density at radius 2 is 1.83 bits per heavy atom. The third kappa shape index (κ3) is 3.74. The molecule has 132 valence electrons. The Bertz CT molecular complexity index is 724. The molecular formula is C18H26N2O3S. The summed E-state index contributed by atoms with van der Waals surface area (Å²) in [6.45, 7) is 3.69. The van der Waals surface area contributed by atoms with Gasteiger partial charge in [-0.2, -0.15) is 0 Å². The topological polar surface area (TPSA) is 66.5 Å². The van der Waals surface area contributed by atoms with Crippen LogP contribution in [0.15, 0.2) is 18.2 Å². The Kier molecular flexibility index (Phi) is 4.60. The Morgan fingerprint density at radius 3 is 2.33 bits per heavy atom. The Hall–Kier alpha value is -1.56. The molecule has 2 saturated carbocycles. The van der Waals surface area contributed by atoms with Crippen molar-refractivity contribution in [3.8, 4) is 0 Å². The van der Waals surface area contributed by atoms with Gasteiger partial charge in [0.25, 0.3) is 0 Å². The number of anilines is 1. The molecule has 5 nitrogen and oxygen atoms in total. The number of fused-ring (bicyclic) bond motifs is 2. The molecule has 1 amide bonds. The number of hydrogen-bond acceptors (Lipinski definition) is 3. The van der Waals surface area contributed by atoms with Crippen molar-refractivity contribution in [1.29, 1.82) is 0 Å². The van der Waals surface area contributed by atoms with Gasteiger partial charge >= 0.3 is 0 Å². The summed E-state index contributed by atoms with van der Waals surface area (Å²) in [4.78, 5) is 12.5. The molecule has 0 saturated heterocycles. The van der Waals surface area contributed by atoms with Gasteiger partial charge in [0.2, 0.25) is 15.9 Å². The lowest BCUT2D eigenvalue weighted by molar-refractivity contribution is -0.120. The smallest absolute Gasteiger partial charge is 0.241 e. The van der Waals surface area contributed by atoms with Crippen LogP contribution >= 0.6 is 0 Å². The van der Waals surface area contributed by atoms with Crippen LogP contribution in [0.2, 0.25) is 0 Å². The zero-order chi connectivity index (χ0) is 17.5. The number of nitrogens with one attached hydrogen (secondary N) is 1. The number of nitrogens with zero attached hydrogens (tertiary/aromatic N) is 1. The van der Waals surface area contributed by atoms with Crippen LogP contribution in [-0.2, 0) is 14.8 Å². The van der Waals surface area contributed by atoms with Crippen LogP contribution in [0, 0.1) is 25.7 Å². The van der Waals surface area contributed by atoms with Crippen molar-refractivity contribution in [1.82, 2.24) is 5.32 Å². The first-order valence-electron chi connectivity index (χ1n) is 8.58. The lowest BCUT2D eigenvalue weighted by Crippen LogP contribution is -2.45. The van der Waals surface area contributed by atoms with Crippen LogP contribution < -0.4 is 9.62 Å². The lowest BCUT2D eigenvalue weighted by Gasteiger charge is -2.26. The van der Waals surface area contributed by atoms with Crippen LogP contribution in [0.1, 0.15) is 36.8 Å². The maximum Gasteiger partial charge on any atom is 0.241 e. The van der Waals surface area contributed by atoms with Crippen molar-refractivity contribution in [3.05, 3.63) is 29.3 Å². The van der Waals surface area contributed by atoms with Gasteiger partial charge in [-0.25, -0.2) is 8.42 Å². The minimum atomic E-state index is -3.52.